The smallest absolute Gasteiger partial charge is 0.390 e. The van der Waals surface area contributed by atoms with E-state index in [1.54, 1.807) is 0 Å². The largest absolute Gasteiger partial charge is 0.501 e. The average Bonchev–Trinajstić information content (AvgIpc) is 2.00. The van der Waals surface area contributed by atoms with Crippen molar-refractivity contribution in [3.63, 3.8) is 0 Å². The Morgan fingerprint density at radius 1 is 1.29 bits per heavy atom. The van der Waals surface area contributed by atoms with Crippen molar-refractivity contribution in [3.05, 3.63) is 12.2 Å². The maximum absolute atomic E-state index is 12.0. The summed E-state index contributed by atoms with van der Waals surface area (Å²) >= 11 is 0. The van der Waals surface area contributed by atoms with Crippen molar-refractivity contribution < 1.29 is 31.5 Å². The Bertz CT molecular complexity index is 300. The molecule has 0 saturated carbocycles. The molecule has 0 aromatic carbocycles. The van der Waals surface area contributed by atoms with Crippen LogP contribution in [-0.2, 0) is 9.53 Å². The summed E-state index contributed by atoms with van der Waals surface area (Å²) in [6, 6.07) is 0.969. The summed E-state index contributed by atoms with van der Waals surface area (Å²) in [6.45, 7) is 2.60. The van der Waals surface area contributed by atoms with Gasteiger partial charge in [0.1, 0.15) is 11.6 Å². The summed E-state index contributed by atoms with van der Waals surface area (Å²) in [7, 11) is 0. The van der Waals surface area contributed by atoms with Gasteiger partial charge in [0.25, 0.3) is 0 Å². The molecule has 0 radical (unpaired) electrons. The molecule has 0 aromatic heterocycles. The minimum Gasteiger partial charge on any atom is -0.390 e. The average molecular weight is 215 g/mol. The number of hydrogen-bond acceptors (Lipinski definition) is 3. The molecule has 8 heteroatoms. The first-order chi connectivity index (χ1) is 6.12. The Morgan fingerprint density at radius 2 is 1.71 bits per heavy atom. The number of alkyl halides is 5. The van der Waals surface area contributed by atoms with Crippen molar-refractivity contribution in [1.82, 2.24) is 0 Å². The second kappa shape index (κ2) is 3.61. The van der Waals surface area contributed by atoms with E-state index in [2.05, 4.69) is 11.3 Å². The standard InChI is InChI=1S/C6H2F5NO2/c1-3(2-12)4(13)14-6(10,11)5(7,8)9/h1H2. The van der Waals surface area contributed by atoms with E-state index in [0.29, 0.717) is 0 Å². The van der Waals surface area contributed by atoms with Crippen LogP contribution in [0.5, 0.6) is 0 Å². The highest BCUT2D eigenvalue weighted by atomic mass is 19.4. The Morgan fingerprint density at radius 3 is 2.00 bits per heavy atom. The Labute approximate surface area is 74.4 Å². The third kappa shape index (κ3) is 2.69. The van der Waals surface area contributed by atoms with E-state index in [1.165, 1.54) is 0 Å². The van der Waals surface area contributed by atoms with Crippen molar-refractivity contribution in [2.75, 3.05) is 0 Å². The molecular weight excluding hydrogens is 213 g/mol. The molecule has 0 fully saturated rings. The highest BCUT2D eigenvalue weighted by Gasteiger charge is 2.62. The fraction of sp³-hybridized carbons (Fsp3) is 0.333. The third-order valence-electron chi connectivity index (χ3n) is 0.932. The number of halogens is 5. The maximum Gasteiger partial charge on any atom is 0.501 e. The first kappa shape index (κ1) is 12.3. The van der Waals surface area contributed by atoms with Crippen LogP contribution in [0, 0.1) is 11.3 Å². The molecule has 0 aliphatic rings. The number of carbonyl (C=O) groups is 1. The zero-order valence-corrected chi connectivity index (χ0v) is 6.36. The molecule has 0 spiro atoms. The zero-order valence-electron chi connectivity index (χ0n) is 6.36. The maximum atomic E-state index is 12.0. The lowest BCUT2D eigenvalue weighted by Crippen LogP contribution is -2.41. The van der Waals surface area contributed by atoms with E-state index in [1.807, 2.05) is 0 Å². The molecule has 0 N–H and O–H groups in total. The molecule has 0 atom stereocenters. The van der Waals surface area contributed by atoms with Gasteiger partial charge in [-0.2, -0.15) is 27.2 Å². The summed E-state index contributed by atoms with van der Waals surface area (Å²) in [5.74, 6) is -2.12. The zero-order chi connectivity index (χ0) is 11.6. The number of rotatable bonds is 2. The number of carbonyl (C=O) groups excluding carboxylic acids is 1. The van der Waals surface area contributed by atoms with Crippen LogP contribution in [0.1, 0.15) is 0 Å². The summed E-state index contributed by atoms with van der Waals surface area (Å²) in [5, 5.41) is 7.93. The summed E-state index contributed by atoms with van der Waals surface area (Å²) < 4.78 is 60.9. The molecular formula is C6H2F5NO2. The van der Waals surface area contributed by atoms with Gasteiger partial charge >= 0.3 is 18.3 Å². The van der Waals surface area contributed by atoms with Gasteiger partial charge in [0, 0.05) is 0 Å². The summed E-state index contributed by atoms with van der Waals surface area (Å²) in [6.07, 6.45) is -11.6. The Kier molecular flexibility index (Phi) is 3.19. The van der Waals surface area contributed by atoms with Crippen molar-refractivity contribution in [2.45, 2.75) is 12.3 Å². The lowest BCUT2D eigenvalue weighted by molar-refractivity contribution is -0.374. The topological polar surface area (TPSA) is 50.1 Å². The first-order valence-corrected chi connectivity index (χ1v) is 2.88. The molecule has 3 nitrogen and oxygen atoms in total. The van der Waals surface area contributed by atoms with E-state index in [4.69, 9.17) is 5.26 Å². The van der Waals surface area contributed by atoms with Gasteiger partial charge < -0.3 is 4.74 Å². The number of nitrogens with zero attached hydrogens (tertiary/aromatic N) is 1. The molecule has 0 aliphatic carbocycles. The van der Waals surface area contributed by atoms with E-state index in [-0.39, 0.29) is 0 Å². The van der Waals surface area contributed by atoms with Gasteiger partial charge in [0.05, 0.1) is 0 Å². The predicted octanol–water partition coefficient (Wildman–Crippen LogP) is 1.76. The van der Waals surface area contributed by atoms with Crippen LogP contribution in [-0.4, -0.2) is 18.3 Å². The van der Waals surface area contributed by atoms with Crippen LogP contribution >= 0.6 is 0 Å². The first-order valence-electron chi connectivity index (χ1n) is 2.88. The molecule has 0 unspecified atom stereocenters. The van der Waals surface area contributed by atoms with Crippen molar-refractivity contribution in [3.8, 4) is 6.07 Å². The van der Waals surface area contributed by atoms with Crippen LogP contribution in [0.15, 0.2) is 12.2 Å². The molecule has 0 amide bonds. The monoisotopic (exact) mass is 215 g/mol. The van der Waals surface area contributed by atoms with Gasteiger partial charge in [-0.1, -0.05) is 6.58 Å². The van der Waals surface area contributed by atoms with E-state index >= 15 is 0 Å². The Balaban J connectivity index is 4.63. The second-order valence-corrected chi connectivity index (χ2v) is 1.99. The fourth-order valence-corrected chi connectivity index (χ4v) is 0.282. The van der Waals surface area contributed by atoms with Crippen molar-refractivity contribution >= 4 is 5.97 Å². The van der Waals surface area contributed by atoms with Gasteiger partial charge in [-0.05, 0) is 0 Å². The molecule has 0 aliphatic heterocycles. The predicted molar refractivity (Wildman–Crippen MR) is 31.8 cm³/mol. The van der Waals surface area contributed by atoms with E-state index in [0.717, 1.165) is 6.07 Å². The molecule has 14 heavy (non-hydrogen) atoms. The van der Waals surface area contributed by atoms with E-state index in [9.17, 15) is 26.7 Å². The number of ether oxygens (including phenoxy) is 1. The molecule has 0 bridgehead atoms. The minimum atomic E-state index is -6.02. The van der Waals surface area contributed by atoms with Gasteiger partial charge in [-0.15, -0.1) is 0 Å². The highest BCUT2D eigenvalue weighted by Crippen LogP contribution is 2.36. The Hall–Kier alpha value is -1.65. The van der Waals surface area contributed by atoms with Gasteiger partial charge in [-0.3, -0.25) is 0 Å². The summed E-state index contributed by atoms with van der Waals surface area (Å²) in [5.41, 5.74) is -1.14. The van der Waals surface area contributed by atoms with Gasteiger partial charge in [-0.25, -0.2) is 4.79 Å². The fourth-order valence-electron chi connectivity index (χ4n) is 0.282. The van der Waals surface area contributed by atoms with Crippen LogP contribution in [0.25, 0.3) is 0 Å². The molecule has 0 saturated heterocycles. The van der Waals surface area contributed by atoms with Crippen molar-refractivity contribution in [1.29, 1.82) is 5.26 Å². The highest BCUT2D eigenvalue weighted by molar-refractivity contribution is 5.92. The molecule has 0 rings (SSSR count). The SMILES string of the molecule is C=C(C#N)C(=O)OC(F)(F)C(F)(F)F. The lowest BCUT2D eigenvalue weighted by atomic mass is 10.3. The van der Waals surface area contributed by atoms with Crippen LogP contribution < -0.4 is 0 Å². The van der Waals surface area contributed by atoms with Gasteiger partial charge in [0.2, 0.25) is 0 Å². The quantitative estimate of drug-likeness (QED) is 0.305. The normalized spacial score (nSPS) is 11.7. The van der Waals surface area contributed by atoms with Crippen molar-refractivity contribution in [2.24, 2.45) is 0 Å². The second-order valence-electron chi connectivity index (χ2n) is 1.99. The van der Waals surface area contributed by atoms with Crippen LogP contribution in [0.2, 0.25) is 0 Å². The number of nitriles is 1. The molecule has 0 aromatic rings. The number of esters is 1. The van der Waals surface area contributed by atoms with Gasteiger partial charge in [0.15, 0.2) is 0 Å². The van der Waals surface area contributed by atoms with Crippen LogP contribution in [0.4, 0.5) is 22.0 Å². The summed E-state index contributed by atoms with van der Waals surface area (Å²) in [4.78, 5) is 10.3. The lowest BCUT2D eigenvalue weighted by Gasteiger charge is -2.18. The number of hydrogen-bond donors (Lipinski definition) is 0. The third-order valence-corrected chi connectivity index (χ3v) is 0.932. The van der Waals surface area contributed by atoms with E-state index < -0.39 is 23.8 Å². The van der Waals surface area contributed by atoms with Crippen LogP contribution in [0.3, 0.4) is 0 Å². The minimum absolute atomic E-state index is 0.969. The molecule has 0 heterocycles. The molecule has 78 valence electrons.